The Hall–Kier alpha value is -2.88. The average Bonchev–Trinajstić information content (AvgIpc) is 3.19. The normalized spacial score (nSPS) is 20.3. The minimum absolute atomic E-state index is 0.129. The van der Waals surface area contributed by atoms with Crippen molar-refractivity contribution in [2.45, 2.75) is 25.1 Å². The largest absolute Gasteiger partial charge is 0.467 e. The molecule has 29 heavy (non-hydrogen) atoms. The maximum Gasteiger partial charge on any atom is 0.422 e. The fourth-order valence-electron chi connectivity index (χ4n) is 3.82. The van der Waals surface area contributed by atoms with Gasteiger partial charge in [-0.1, -0.05) is 6.07 Å². The Bertz CT molecular complexity index is 1050. The lowest BCUT2D eigenvalue weighted by atomic mass is 10.0. The summed E-state index contributed by atoms with van der Waals surface area (Å²) < 4.78 is 43.6. The molecule has 1 saturated carbocycles. The van der Waals surface area contributed by atoms with Crippen LogP contribution in [0.4, 0.5) is 19.0 Å². The van der Waals surface area contributed by atoms with E-state index in [1.165, 1.54) is 25.2 Å². The van der Waals surface area contributed by atoms with Gasteiger partial charge in [0.1, 0.15) is 5.82 Å². The van der Waals surface area contributed by atoms with Crippen molar-refractivity contribution in [2.75, 3.05) is 25.0 Å². The highest BCUT2D eigenvalue weighted by Crippen LogP contribution is 2.51. The van der Waals surface area contributed by atoms with E-state index in [-0.39, 0.29) is 5.88 Å². The molecule has 3 aromatic heterocycles. The van der Waals surface area contributed by atoms with Crippen molar-refractivity contribution in [2.24, 2.45) is 5.41 Å². The molecule has 4 heterocycles. The molecule has 2 fully saturated rings. The Morgan fingerprint density at radius 3 is 2.90 bits per heavy atom. The number of alkyl halides is 3. The van der Waals surface area contributed by atoms with Gasteiger partial charge in [-0.15, -0.1) is 0 Å². The van der Waals surface area contributed by atoms with Gasteiger partial charge in [0, 0.05) is 24.5 Å². The minimum atomic E-state index is -4.43. The second kappa shape index (κ2) is 6.58. The van der Waals surface area contributed by atoms with Gasteiger partial charge in [0.2, 0.25) is 5.88 Å². The van der Waals surface area contributed by atoms with Crippen molar-refractivity contribution in [3.05, 3.63) is 36.8 Å². The maximum atomic E-state index is 12.4. The van der Waals surface area contributed by atoms with Crippen molar-refractivity contribution in [3.63, 3.8) is 0 Å². The predicted octanol–water partition coefficient (Wildman–Crippen LogP) is 2.90. The maximum absolute atomic E-state index is 12.4. The van der Waals surface area contributed by atoms with Crippen LogP contribution in [0.25, 0.3) is 17.0 Å². The van der Waals surface area contributed by atoms with Gasteiger partial charge in [-0.3, -0.25) is 4.40 Å². The van der Waals surface area contributed by atoms with Gasteiger partial charge in [0.25, 0.3) is 0 Å². The molecule has 1 atom stereocenters. The molecule has 1 aliphatic heterocycles. The number of ether oxygens (including phenoxy) is 1. The highest BCUT2D eigenvalue weighted by molar-refractivity contribution is 5.62. The summed E-state index contributed by atoms with van der Waals surface area (Å²) in [5.74, 6) is 0.635. The van der Waals surface area contributed by atoms with Crippen LogP contribution >= 0.6 is 0 Å². The first-order valence-corrected chi connectivity index (χ1v) is 9.39. The number of fused-ring (bicyclic) bond motifs is 1. The summed E-state index contributed by atoms with van der Waals surface area (Å²) in [5, 5.41) is 6.96. The van der Waals surface area contributed by atoms with E-state index < -0.39 is 12.8 Å². The Morgan fingerprint density at radius 2 is 2.10 bits per heavy atom. The molecule has 7 nitrogen and oxygen atoms in total. The van der Waals surface area contributed by atoms with Gasteiger partial charge in [0.15, 0.2) is 12.3 Å². The first-order valence-electron chi connectivity index (χ1n) is 9.39. The molecular weight excluding hydrogens is 385 g/mol. The summed E-state index contributed by atoms with van der Waals surface area (Å²) in [5.41, 5.74) is 2.15. The molecule has 0 bridgehead atoms. The molecule has 2 aliphatic rings. The van der Waals surface area contributed by atoms with E-state index in [0.717, 1.165) is 18.9 Å². The first kappa shape index (κ1) is 18.2. The zero-order chi connectivity index (χ0) is 20.1. The van der Waals surface area contributed by atoms with Crippen molar-refractivity contribution < 1.29 is 17.9 Å². The fraction of sp³-hybridized carbons (Fsp3) is 0.421. The number of aromatic nitrogens is 4. The smallest absolute Gasteiger partial charge is 0.422 e. The first-order chi connectivity index (χ1) is 13.9. The van der Waals surface area contributed by atoms with E-state index in [0.29, 0.717) is 28.5 Å². The van der Waals surface area contributed by atoms with Crippen LogP contribution in [0.1, 0.15) is 12.8 Å². The molecule has 152 valence electrons. The van der Waals surface area contributed by atoms with E-state index in [4.69, 9.17) is 9.72 Å². The number of anilines is 1. The van der Waals surface area contributed by atoms with Crippen LogP contribution in [0.2, 0.25) is 0 Å². The van der Waals surface area contributed by atoms with E-state index in [9.17, 15) is 13.2 Å². The third-order valence-electron chi connectivity index (χ3n) is 5.55. The highest BCUT2D eigenvalue weighted by Gasteiger charge is 2.52. The minimum Gasteiger partial charge on any atom is -0.467 e. The van der Waals surface area contributed by atoms with E-state index in [2.05, 4.69) is 20.6 Å². The quantitative estimate of drug-likeness (QED) is 0.681. The van der Waals surface area contributed by atoms with Crippen LogP contribution in [-0.4, -0.2) is 51.3 Å². The lowest BCUT2D eigenvalue weighted by molar-refractivity contribution is -0.154. The number of hydrogen-bond donors (Lipinski definition) is 2. The molecule has 0 amide bonds. The number of pyridine rings is 1. The molecule has 1 spiro atoms. The van der Waals surface area contributed by atoms with Gasteiger partial charge < -0.3 is 15.4 Å². The average molecular weight is 404 g/mol. The third kappa shape index (κ3) is 3.59. The fourth-order valence-corrected chi connectivity index (χ4v) is 3.82. The number of nitrogens with one attached hydrogen (secondary N) is 2. The second-order valence-electron chi connectivity index (χ2n) is 7.60. The van der Waals surface area contributed by atoms with Crippen LogP contribution in [0.3, 0.4) is 0 Å². The summed E-state index contributed by atoms with van der Waals surface area (Å²) in [7, 11) is 0. The lowest BCUT2D eigenvalue weighted by Gasteiger charge is -2.19. The molecular formula is C19H19F3N6O. The summed E-state index contributed by atoms with van der Waals surface area (Å²) >= 11 is 0. The Kier molecular flexibility index (Phi) is 4.12. The highest BCUT2D eigenvalue weighted by atomic mass is 19.4. The van der Waals surface area contributed by atoms with E-state index in [1.54, 1.807) is 10.6 Å². The van der Waals surface area contributed by atoms with Crippen molar-refractivity contribution in [1.29, 1.82) is 0 Å². The second-order valence-corrected chi connectivity index (χ2v) is 7.60. The number of halogens is 3. The van der Waals surface area contributed by atoms with Gasteiger partial charge >= 0.3 is 6.18 Å². The number of imidazole rings is 1. The summed E-state index contributed by atoms with van der Waals surface area (Å²) in [4.78, 5) is 12.8. The topological polar surface area (TPSA) is 76.4 Å². The number of hydrogen-bond acceptors (Lipinski definition) is 6. The number of rotatable bonds is 5. The predicted molar refractivity (Wildman–Crippen MR) is 99.7 cm³/mol. The Labute approximate surface area is 164 Å². The van der Waals surface area contributed by atoms with Crippen LogP contribution < -0.4 is 15.4 Å². The lowest BCUT2D eigenvalue weighted by Crippen LogP contribution is -2.29. The van der Waals surface area contributed by atoms with Crippen molar-refractivity contribution >= 4 is 11.5 Å². The van der Waals surface area contributed by atoms with Crippen LogP contribution in [0.15, 0.2) is 36.8 Å². The molecule has 5 rings (SSSR count). The standard InChI is InChI=1S/C19H19F3N6O/c20-19(21,22)11-29-17-9-28-13(6-24-16(28)8-25-17)12-2-1-3-15(26-12)27-14-7-23-10-18(14)4-5-18/h1-3,6,8-9,14,23H,4-5,7,10-11H2,(H,26,27)/t14-/m0/s1. The molecule has 0 aromatic carbocycles. The molecule has 1 saturated heterocycles. The summed E-state index contributed by atoms with van der Waals surface area (Å²) in [6, 6.07) is 6.00. The zero-order valence-corrected chi connectivity index (χ0v) is 15.4. The molecule has 10 heteroatoms. The Balaban J connectivity index is 1.41. The third-order valence-corrected chi connectivity index (χ3v) is 5.55. The van der Waals surface area contributed by atoms with Gasteiger partial charge in [-0.2, -0.15) is 13.2 Å². The monoisotopic (exact) mass is 404 g/mol. The zero-order valence-electron chi connectivity index (χ0n) is 15.4. The van der Waals surface area contributed by atoms with Gasteiger partial charge in [0.05, 0.1) is 30.0 Å². The summed E-state index contributed by atoms with van der Waals surface area (Å²) in [6.45, 7) is 0.544. The van der Waals surface area contributed by atoms with Gasteiger partial charge in [-0.25, -0.2) is 15.0 Å². The molecule has 0 unspecified atom stereocenters. The molecule has 1 aliphatic carbocycles. The SMILES string of the molecule is FC(F)(F)COc1cn2c(-c3cccc(N[C@H]4CNCC45CC5)n3)cnc2cn1. The van der Waals surface area contributed by atoms with Crippen LogP contribution in [0, 0.1) is 5.41 Å². The van der Waals surface area contributed by atoms with Gasteiger partial charge in [-0.05, 0) is 25.0 Å². The Morgan fingerprint density at radius 1 is 1.24 bits per heavy atom. The van der Waals surface area contributed by atoms with E-state index >= 15 is 0 Å². The molecule has 0 radical (unpaired) electrons. The van der Waals surface area contributed by atoms with Crippen LogP contribution in [-0.2, 0) is 0 Å². The van der Waals surface area contributed by atoms with Crippen LogP contribution in [0.5, 0.6) is 5.88 Å². The summed E-state index contributed by atoms with van der Waals surface area (Å²) in [6.07, 6.45) is 2.40. The van der Waals surface area contributed by atoms with Crippen molar-refractivity contribution in [1.82, 2.24) is 24.7 Å². The molecule has 3 aromatic rings. The molecule has 2 N–H and O–H groups in total. The van der Waals surface area contributed by atoms with E-state index in [1.807, 2.05) is 18.2 Å². The number of nitrogens with zero attached hydrogens (tertiary/aromatic N) is 4. The van der Waals surface area contributed by atoms with Crippen molar-refractivity contribution in [3.8, 4) is 17.3 Å².